The molecule has 1 heterocycles. The van der Waals surface area contributed by atoms with Gasteiger partial charge in [-0.1, -0.05) is 43.7 Å². The van der Waals surface area contributed by atoms with Crippen LogP contribution in [0.5, 0.6) is 0 Å². The second-order valence-corrected chi connectivity index (χ2v) is 5.19. The molecule has 0 amide bonds. The quantitative estimate of drug-likeness (QED) is 0.864. The molecule has 1 N–H and O–H groups in total. The van der Waals surface area contributed by atoms with Crippen LogP contribution in [-0.2, 0) is 0 Å². The van der Waals surface area contributed by atoms with Crippen LogP contribution in [-0.4, -0.2) is 29.6 Å². The summed E-state index contributed by atoms with van der Waals surface area (Å²) >= 11 is 0. The van der Waals surface area contributed by atoms with Gasteiger partial charge in [0, 0.05) is 6.54 Å². The molecule has 0 aromatic heterocycles. The number of rotatable bonds is 4. The van der Waals surface area contributed by atoms with Gasteiger partial charge < -0.3 is 10.0 Å². The van der Waals surface area contributed by atoms with Crippen LogP contribution < -0.4 is 0 Å². The molecular formula is C15H23NO. The topological polar surface area (TPSA) is 23.5 Å². The number of piperidine rings is 1. The van der Waals surface area contributed by atoms with Gasteiger partial charge in [-0.25, -0.2) is 0 Å². The molecule has 1 saturated heterocycles. The molecule has 0 spiro atoms. The molecule has 94 valence electrons. The van der Waals surface area contributed by atoms with Gasteiger partial charge in [0.25, 0.3) is 0 Å². The predicted molar refractivity (Wildman–Crippen MR) is 70.9 cm³/mol. The van der Waals surface area contributed by atoms with E-state index in [1.54, 1.807) is 0 Å². The van der Waals surface area contributed by atoms with Gasteiger partial charge >= 0.3 is 0 Å². The third-order valence-corrected chi connectivity index (χ3v) is 3.67. The van der Waals surface area contributed by atoms with Gasteiger partial charge in [0.1, 0.15) is 0 Å². The van der Waals surface area contributed by atoms with Gasteiger partial charge in [0.15, 0.2) is 0 Å². The molecule has 0 aliphatic carbocycles. The number of hydrogen-bond acceptors (Lipinski definition) is 2. The van der Waals surface area contributed by atoms with Crippen molar-refractivity contribution in [1.82, 2.24) is 4.90 Å². The van der Waals surface area contributed by atoms with Crippen molar-refractivity contribution in [2.75, 3.05) is 19.6 Å². The zero-order valence-corrected chi connectivity index (χ0v) is 10.7. The molecule has 1 aliphatic heterocycles. The van der Waals surface area contributed by atoms with Crippen molar-refractivity contribution in [2.24, 2.45) is 5.92 Å². The molecule has 2 heteroatoms. The highest BCUT2D eigenvalue weighted by Crippen LogP contribution is 2.23. The molecule has 1 aliphatic rings. The first kappa shape index (κ1) is 12.6. The lowest BCUT2D eigenvalue weighted by Gasteiger charge is -2.31. The summed E-state index contributed by atoms with van der Waals surface area (Å²) < 4.78 is 0. The Morgan fingerprint density at radius 1 is 1.12 bits per heavy atom. The summed E-state index contributed by atoms with van der Waals surface area (Å²) in [4.78, 5) is 2.49. The Bertz CT molecular complexity index is 319. The molecule has 1 fully saturated rings. The number of likely N-dealkylation sites (tertiary alicyclic amines) is 1. The molecule has 2 atom stereocenters. The highest BCUT2D eigenvalue weighted by molar-refractivity contribution is 5.17. The highest BCUT2D eigenvalue weighted by Gasteiger charge is 2.20. The summed E-state index contributed by atoms with van der Waals surface area (Å²) in [7, 11) is 0. The smallest absolute Gasteiger partial charge is 0.0827 e. The van der Waals surface area contributed by atoms with E-state index < -0.39 is 0 Å². The lowest BCUT2D eigenvalue weighted by atomic mass is 9.96. The number of nitrogens with zero attached hydrogens (tertiary/aromatic N) is 1. The van der Waals surface area contributed by atoms with Crippen LogP contribution in [0.1, 0.15) is 37.9 Å². The molecule has 17 heavy (non-hydrogen) atoms. The highest BCUT2D eigenvalue weighted by atomic mass is 16.3. The Kier molecular flexibility index (Phi) is 4.57. The van der Waals surface area contributed by atoms with Crippen LogP contribution in [0, 0.1) is 5.92 Å². The summed E-state index contributed by atoms with van der Waals surface area (Å²) in [6.45, 7) is 5.56. The van der Waals surface area contributed by atoms with E-state index in [1.165, 1.54) is 32.4 Å². The normalized spacial score (nSPS) is 21.1. The van der Waals surface area contributed by atoms with E-state index >= 15 is 0 Å². The first-order valence-corrected chi connectivity index (χ1v) is 6.73. The van der Waals surface area contributed by atoms with Crippen molar-refractivity contribution in [3.05, 3.63) is 35.9 Å². The fraction of sp³-hybridized carbons (Fsp3) is 0.600. The fourth-order valence-electron chi connectivity index (χ4n) is 2.63. The van der Waals surface area contributed by atoms with E-state index in [4.69, 9.17) is 0 Å². The lowest BCUT2D eigenvalue weighted by molar-refractivity contribution is 0.0820. The molecule has 2 nitrogen and oxygen atoms in total. The molecule has 0 bridgehead atoms. The molecule has 0 saturated carbocycles. The monoisotopic (exact) mass is 233 g/mol. The molecular weight excluding hydrogens is 210 g/mol. The lowest BCUT2D eigenvalue weighted by Crippen LogP contribution is -2.35. The summed E-state index contributed by atoms with van der Waals surface area (Å²) in [5.41, 5.74) is 1.04. The summed E-state index contributed by atoms with van der Waals surface area (Å²) in [5, 5.41) is 10.3. The van der Waals surface area contributed by atoms with Gasteiger partial charge in [-0.15, -0.1) is 0 Å². The van der Waals surface area contributed by atoms with Crippen LogP contribution >= 0.6 is 0 Å². The largest absolute Gasteiger partial charge is 0.388 e. The van der Waals surface area contributed by atoms with Crippen LogP contribution in [0.2, 0.25) is 0 Å². The first-order chi connectivity index (χ1) is 8.27. The summed E-state index contributed by atoms with van der Waals surface area (Å²) in [5.74, 6) is 0.301. The summed E-state index contributed by atoms with van der Waals surface area (Å²) in [6, 6.07) is 10.00. The van der Waals surface area contributed by atoms with Gasteiger partial charge in [-0.05, 0) is 37.4 Å². The van der Waals surface area contributed by atoms with Crippen molar-refractivity contribution < 1.29 is 5.11 Å². The van der Waals surface area contributed by atoms with Gasteiger partial charge in [-0.3, -0.25) is 0 Å². The van der Waals surface area contributed by atoms with Crippen LogP contribution in [0.3, 0.4) is 0 Å². The minimum absolute atomic E-state index is 0.301. The average molecular weight is 233 g/mol. The average Bonchev–Trinajstić information content (AvgIpc) is 2.40. The predicted octanol–water partition coefficient (Wildman–Crippen LogP) is 2.84. The van der Waals surface area contributed by atoms with E-state index in [2.05, 4.69) is 11.8 Å². The molecule has 2 rings (SSSR count). The van der Waals surface area contributed by atoms with E-state index in [1.807, 2.05) is 30.3 Å². The number of hydrogen-bond donors (Lipinski definition) is 1. The van der Waals surface area contributed by atoms with E-state index in [0.717, 1.165) is 12.1 Å². The maximum atomic E-state index is 10.3. The van der Waals surface area contributed by atoms with Crippen LogP contribution in [0.25, 0.3) is 0 Å². The van der Waals surface area contributed by atoms with Crippen molar-refractivity contribution in [2.45, 2.75) is 32.3 Å². The van der Waals surface area contributed by atoms with E-state index in [0.29, 0.717) is 5.92 Å². The molecule has 1 aromatic carbocycles. The van der Waals surface area contributed by atoms with E-state index in [9.17, 15) is 5.11 Å². The van der Waals surface area contributed by atoms with Crippen LogP contribution in [0.4, 0.5) is 0 Å². The third-order valence-electron chi connectivity index (χ3n) is 3.67. The third kappa shape index (κ3) is 3.55. The molecule has 1 aromatic rings. The van der Waals surface area contributed by atoms with Gasteiger partial charge in [-0.2, -0.15) is 0 Å². The molecule has 0 radical (unpaired) electrons. The Hall–Kier alpha value is -0.860. The minimum atomic E-state index is -0.335. The van der Waals surface area contributed by atoms with Crippen molar-refractivity contribution >= 4 is 0 Å². The number of benzene rings is 1. The summed E-state index contributed by atoms with van der Waals surface area (Å²) in [6.07, 6.45) is 3.66. The first-order valence-electron chi connectivity index (χ1n) is 6.73. The maximum Gasteiger partial charge on any atom is 0.0827 e. The van der Waals surface area contributed by atoms with Crippen molar-refractivity contribution in [3.8, 4) is 0 Å². The van der Waals surface area contributed by atoms with Crippen molar-refractivity contribution in [1.29, 1.82) is 0 Å². The zero-order chi connectivity index (χ0) is 12.1. The Morgan fingerprint density at radius 2 is 1.76 bits per heavy atom. The van der Waals surface area contributed by atoms with Gasteiger partial charge in [0.2, 0.25) is 0 Å². The fourth-order valence-corrected chi connectivity index (χ4v) is 2.63. The Balaban J connectivity index is 1.88. The standard InChI is InChI=1S/C15H23NO/c1-13(12-16-10-6-3-7-11-16)15(17)14-8-4-2-5-9-14/h2,4-5,8-9,13,15,17H,3,6-7,10-12H2,1H3. The Morgan fingerprint density at radius 3 is 2.41 bits per heavy atom. The Labute approximate surface area is 104 Å². The minimum Gasteiger partial charge on any atom is -0.388 e. The maximum absolute atomic E-state index is 10.3. The van der Waals surface area contributed by atoms with Gasteiger partial charge in [0.05, 0.1) is 6.10 Å². The van der Waals surface area contributed by atoms with Crippen LogP contribution in [0.15, 0.2) is 30.3 Å². The second kappa shape index (κ2) is 6.18. The van der Waals surface area contributed by atoms with Crippen molar-refractivity contribution in [3.63, 3.8) is 0 Å². The zero-order valence-electron chi connectivity index (χ0n) is 10.7. The number of aliphatic hydroxyl groups excluding tert-OH is 1. The molecule has 2 unspecified atom stereocenters. The number of aliphatic hydroxyl groups is 1. The second-order valence-electron chi connectivity index (χ2n) is 5.19. The SMILES string of the molecule is CC(CN1CCCCC1)C(O)c1ccccc1. The van der Waals surface area contributed by atoms with E-state index in [-0.39, 0.29) is 6.10 Å².